The minimum Gasteiger partial charge on any atom is -0.213 e. The summed E-state index contributed by atoms with van der Waals surface area (Å²) in [5.74, 6) is 1.49. The second kappa shape index (κ2) is 6.65. The third kappa shape index (κ3) is 3.31. The first-order valence-corrected chi connectivity index (χ1v) is 7.98. The van der Waals surface area contributed by atoms with Crippen LogP contribution in [-0.4, -0.2) is 15.0 Å². The molecule has 4 aromatic rings. The lowest BCUT2D eigenvalue weighted by Gasteiger charge is -2.07. The van der Waals surface area contributed by atoms with Gasteiger partial charge in [-0.15, -0.1) is 0 Å². The van der Waals surface area contributed by atoms with Crippen molar-refractivity contribution >= 4 is 0 Å². The summed E-state index contributed by atoms with van der Waals surface area (Å²) in [6.07, 6.45) is 0. The fourth-order valence-corrected chi connectivity index (χ4v) is 2.62. The Morgan fingerprint density at radius 3 is 1.72 bits per heavy atom. The zero-order valence-corrected chi connectivity index (χ0v) is 13.7. The zero-order chi connectivity index (χ0) is 19.7. The predicted molar refractivity (Wildman–Crippen MR) is 101 cm³/mol. The van der Waals surface area contributed by atoms with Crippen LogP contribution in [0.1, 0.15) is 9.94 Å². The normalized spacial score (nSPS) is 12.3. The van der Waals surface area contributed by atoms with Crippen LogP contribution in [-0.2, 0) is 0 Å². The van der Waals surface area contributed by atoms with E-state index >= 15 is 0 Å². The summed E-state index contributed by atoms with van der Waals surface area (Å²) in [5, 5.41) is 0. The van der Waals surface area contributed by atoms with Gasteiger partial charge in [0.25, 0.3) is 0 Å². The molecule has 0 saturated carbocycles. The monoisotopic (exact) mass is 326 g/mol. The molecule has 0 aliphatic carbocycles. The standard InChI is InChI=1S/C22H17N3/c1-16-23-21(19-10-6-3-7-11-19)25-22(24-16)20-14-12-18(13-15-20)17-8-4-2-5-9-17/h2-15H,1H3/i3D,6D,7D. The summed E-state index contributed by atoms with van der Waals surface area (Å²) in [5.41, 5.74) is 3.65. The van der Waals surface area contributed by atoms with Gasteiger partial charge in [-0.05, 0) is 18.1 Å². The maximum atomic E-state index is 7.85. The molecule has 0 unspecified atom stereocenters. The lowest BCUT2D eigenvalue weighted by Crippen LogP contribution is -1.99. The summed E-state index contributed by atoms with van der Waals surface area (Å²) in [4.78, 5) is 13.3. The van der Waals surface area contributed by atoms with E-state index in [0.29, 0.717) is 23.0 Å². The third-order valence-electron chi connectivity index (χ3n) is 3.86. The average molecular weight is 326 g/mol. The average Bonchev–Trinajstić information content (AvgIpc) is 2.72. The highest BCUT2D eigenvalue weighted by molar-refractivity contribution is 5.68. The van der Waals surface area contributed by atoms with Gasteiger partial charge in [-0.2, -0.15) is 0 Å². The summed E-state index contributed by atoms with van der Waals surface area (Å²) >= 11 is 0. The number of aryl methyl sites for hydroxylation is 1. The van der Waals surface area contributed by atoms with Crippen molar-refractivity contribution in [1.82, 2.24) is 15.0 Å². The van der Waals surface area contributed by atoms with E-state index in [9.17, 15) is 0 Å². The van der Waals surface area contributed by atoms with Gasteiger partial charge in [0, 0.05) is 11.1 Å². The van der Waals surface area contributed by atoms with Crippen molar-refractivity contribution in [2.45, 2.75) is 6.92 Å². The quantitative estimate of drug-likeness (QED) is 0.520. The van der Waals surface area contributed by atoms with E-state index in [0.717, 1.165) is 16.7 Å². The zero-order valence-electron chi connectivity index (χ0n) is 16.7. The van der Waals surface area contributed by atoms with Gasteiger partial charge in [-0.3, -0.25) is 0 Å². The molecule has 0 saturated heterocycles. The number of aromatic nitrogens is 3. The second-order valence-electron chi connectivity index (χ2n) is 5.63. The van der Waals surface area contributed by atoms with Gasteiger partial charge >= 0.3 is 0 Å². The minimum atomic E-state index is -0.105. The molecule has 0 bridgehead atoms. The Morgan fingerprint density at radius 1 is 0.560 bits per heavy atom. The molecule has 0 atom stereocenters. The highest BCUT2D eigenvalue weighted by atomic mass is 15.0. The van der Waals surface area contributed by atoms with E-state index in [1.165, 1.54) is 12.1 Å². The first-order valence-electron chi connectivity index (χ1n) is 9.48. The van der Waals surface area contributed by atoms with Crippen LogP contribution in [0.3, 0.4) is 0 Å². The van der Waals surface area contributed by atoms with Crippen LogP contribution in [0.15, 0.2) is 84.9 Å². The van der Waals surface area contributed by atoms with Gasteiger partial charge in [0.15, 0.2) is 11.6 Å². The molecule has 0 spiro atoms. The molecular formula is C22H17N3. The molecule has 3 heteroatoms. The first-order chi connectivity index (χ1) is 13.5. The van der Waals surface area contributed by atoms with Crippen molar-refractivity contribution in [1.29, 1.82) is 0 Å². The first kappa shape index (κ1) is 12.1. The predicted octanol–water partition coefficient (Wildman–Crippen LogP) is 5.18. The van der Waals surface area contributed by atoms with Gasteiger partial charge in [0.2, 0.25) is 0 Å². The Morgan fingerprint density at radius 2 is 1.08 bits per heavy atom. The largest absolute Gasteiger partial charge is 0.213 e. The minimum absolute atomic E-state index is 0.0191. The molecule has 3 nitrogen and oxygen atoms in total. The molecule has 0 aliphatic rings. The maximum Gasteiger partial charge on any atom is 0.163 e. The number of hydrogen-bond acceptors (Lipinski definition) is 3. The summed E-state index contributed by atoms with van der Waals surface area (Å²) < 4.78 is 23.4. The Labute approximate surface area is 151 Å². The van der Waals surface area contributed by atoms with E-state index in [1.807, 2.05) is 42.5 Å². The molecular weight excluding hydrogens is 306 g/mol. The van der Waals surface area contributed by atoms with Crippen LogP contribution in [0.25, 0.3) is 33.9 Å². The number of rotatable bonds is 3. The molecule has 0 N–H and O–H groups in total. The fourth-order valence-electron chi connectivity index (χ4n) is 2.62. The van der Waals surface area contributed by atoms with Crippen molar-refractivity contribution in [2.24, 2.45) is 0 Å². The molecule has 1 aromatic heterocycles. The topological polar surface area (TPSA) is 38.7 Å². The molecule has 120 valence electrons. The van der Waals surface area contributed by atoms with Crippen LogP contribution in [0.5, 0.6) is 0 Å². The molecule has 0 radical (unpaired) electrons. The van der Waals surface area contributed by atoms with Crippen molar-refractivity contribution in [3.05, 3.63) is 90.7 Å². The molecule has 0 amide bonds. The molecule has 0 fully saturated rings. The Kier molecular flexibility index (Phi) is 3.22. The van der Waals surface area contributed by atoms with Crippen LogP contribution in [0.2, 0.25) is 0 Å². The van der Waals surface area contributed by atoms with Gasteiger partial charge < -0.3 is 0 Å². The van der Waals surface area contributed by atoms with Crippen molar-refractivity contribution in [2.75, 3.05) is 0 Å². The van der Waals surface area contributed by atoms with E-state index in [2.05, 4.69) is 27.1 Å². The number of benzene rings is 3. The van der Waals surface area contributed by atoms with Crippen molar-refractivity contribution in [3.63, 3.8) is 0 Å². The summed E-state index contributed by atoms with van der Waals surface area (Å²) in [6.45, 7) is 1.79. The van der Waals surface area contributed by atoms with Gasteiger partial charge in [-0.25, -0.2) is 15.0 Å². The fraction of sp³-hybridized carbons (Fsp3) is 0.0455. The van der Waals surface area contributed by atoms with Crippen LogP contribution >= 0.6 is 0 Å². The van der Waals surface area contributed by atoms with E-state index < -0.39 is 0 Å². The molecule has 25 heavy (non-hydrogen) atoms. The molecule has 1 heterocycles. The SMILES string of the molecule is [2H]c1cc(-c2nc(C)nc(-c3ccc(-c4ccccc4)cc3)n2)cc([2H])c1[2H]. The van der Waals surface area contributed by atoms with E-state index in [4.69, 9.17) is 4.11 Å². The highest BCUT2D eigenvalue weighted by Gasteiger charge is 2.08. The highest BCUT2D eigenvalue weighted by Crippen LogP contribution is 2.24. The van der Waals surface area contributed by atoms with Crippen LogP contribution < -0.4 is 0 Å². The lowest BCUT2D eigenvalue weighted by molar-refractivity contribution is 0.992. The van der Waals surface area contributed by atoms with Crippen LogP contribution in [0, 0.1) is 6.92 Å². The lowest BCUT2D eigenvalue weighted by atomic mass is 10.0. The van der Waals surface area contributed by atoms with Crippen LogP contribution in [0.4, 0.5) is 0 Å². The molecule has 4 rings (SSSR count). The number of nitrogens with zero attached hydrogens (tertiary/aromatic N) is 3. The Hall–Kier alpha value is -3.33. The van der Waals surface area contributed by atoms with Crippen molar-refractivity contribution < 1.29 is 4.11 Å². The van der Waals surface area contributed by atoms with Crippen molar-refractivity contribution in [3.8, 4) is 33.9 Å². The smallest absolute Gasteiger partial charge is 0.163 e. The van der Waals surface area contributed by atoms with Gasteiger partial charge in [0.05, 0.1) is 4.11 Å². The van der Waals surface area contributed by atoms with E-state index in [1.54, 1.807) is 6.92 Å². The summed E-state index contributed by atoms with van der Waals surface area (Å²) in [7, 11) is 0. The van der Waals surface area contributed by atoms with E-state index in [-0.39, 0.29) is 18.1 Å². The maximum absolute atomic E-state index is 7.85. The molecule has 0 aliphatic heterocycles. The second-order valence-corrected chi connectivity index (χ2v) is 5.63. The molecule has 3 aromatic carbocycles. The summed E-state index contributed by atoms with van der Waals surface area (Å²) in [6, 6.07) is 21.0. The van der Waals surface area contributed by atoms with Gasteiger partial charge in [-0.1, -0.05) is 84.9 Å². The third-order valence-corrected chi connectivity index (χ3v) is 3.86. The Bertz CT molecular complexity index is 1120. The van der Waals surface area contributed by atoms with Gasteiger partial charge in [0.1, 0.15) is 5.82 Å². The number of hydrogen-bond donors (Lipinski definition) is 0. The Balaban J connectivity index is 1.73.